The molecule has 1 amide bonds. The molecular weight excluding hydrogens is 268 g/mol. The first-order valence-corrected chi connectivity index (χ1v) is 6.76. The number of anilines is 1. The minimum atomic E-state index is -4.33. The maximum absolute atomic E-state index is 11.4. The minimum Gasteiger partial charge on any atom is -0.779 e. The maximum Gasteiger partial charge on any atom is 1.00 e. The molecule has 1 rings (SSSR count). The zero-order chi connectivity index (χ0) is 12.9. The van der Waals surface area contributed by atoms with Crippen LogP contribution in [0, 0.1) is 0 Å². The molecule has 0 radical (unpaired) electrons. The Morgan fingerprint density at radius 2 is 1.89 bits per heavy atom. The Balaban J connectivity index is 0.00000289. The standard InChI is InChI=1S/C10H14NO5P.Na/c12-10(7-4-8-17(14,15)16)11(13)9-5-2-1-3-6-9;/h1-3,5-6,13H,4,7-8H2,(H2,14,15,16);/q;+1/p-1. The van der Waals surface area contributed by atoms with E-state index in [0.29, 0.717) is 10.8 Å². The molecule has 94 valence electrons. The van der Waals surface area contributed by atoms with Gasteiger partial charge in [0.1, 0.15) is 7.60 Å². The molecule has 0 saturated heterocycles. The van der Waals surface area contributed by atoms with Gasteiger partial charge in [-0.3, -0.25) is 10.0 Å². The molecule has 2 N–H and O–H groups in total. The molecular formula is C10H13NNaO5P. The molecule has 18 heavy (non-hydrogen) atoms. The molecule has 0 fully saturated rings. The monoisotopic (exact) mass is 281 g/mol. The van der Waals surface area contributed by atoms with Crippen LogP contribution in [0.15, 0.2) is 30.3 Å². The summed E-state index contributed by atoms with van der Waals surface area (Å²) in [6.45, 7) is 0. The van der Waals surface area contributed by atoms with Crippen LogP contribution in [0.4, 0.5) is 5.69 Å². The molecule has 1 unspecified atom stereocenters. The van der Waals surface area contributed by atoms with Crippen LogP contribution in [0.1, 0.15) is 12.8 Å². The number of para-hydroxylation sites is 1. The fourth-order valence-corrected chi connectivity index (χ4v) is 1.81. The molecule has 1 aromatic carbocycles. The van der Waals surface area contributed by atoms with Crippen molar-refractivity contribution in [3.8, 4) is 0 Å². The second kappa shape index (κ2) is 8.07. The van der Waals surface area contributed by atoms with Crippen molar-refractivity contribution in [2.45, 2.75) is 12.8 Å². The van der Waals surface area contributed by atoms with Crippen LogP contribution < -0.4 is 39.5 Å². The van der Waals surface area contributed by atoms with E-state index in [4.69, 9.17) is 4.89 Å². The average Bonchev–Trinajstić information content (AvgIpc) is 2.27. The van der Waals surface area contributed by atoms with E-state index in [1.807, 2.05) is 0 Å². The Labute approximate surface area is 127 Å². The van der Waals surface area contributed by atoms with Crippen molar-refractivity contribution in [1.29, 1.82) is 0 Å². The van der Waals surface area contributed by atoms with E-state index in [2.05, 4.69) is 0 Å². The molecule has 0 aliphatic rings. The Kier molecular flexibility index (Phi) is 7.98. The molecule has 0 heterocycles. The SMILES string of the molecule is O=C(CCCP(=O)([O-])O)N(O)c1ccccc1.[Na+]. The molecule has 0 aliphatic carbocycles. The molecule has 6 nitrogen and oxygen atoms in total. The molecule has 0 aromatic heterocycles. The fourth-order valence-electron chi connectivity index (χ4n) is 1.25. The van der Waals surface area contributed by atoms with Crippen molar-refractivity contribution >= 4 is 19.2 Å². The van der Waals surface area contributed by atoms with Gasteiger partial charge in [-0.15, -0.1) is 0 Å². The average molecular weight is 281 g/mol. The quantitative estimate of drug-likeness (QED) is 0.274. The Morgan fingerprint density at radius 1 is 1.33 bits per heavy atom. The normalized spacial score (nSPS) is 13.3. The summed E-state index contributed by atoms with van der Waals surface area (Å²) in [6, 6.07) is 8.14. The topological polar surface area (TPSA) is 101 Å². The van der Waals surface area contributed by atoms with Gasteiger partial charge < -0.3 is 14.4 Å². The van der Waals surface area contributed by atoms with Crippen LogP contribution in [-0.2, 0) is 9.36 Å². The second-order valence-electron chi connectivity index (χ2n) is 3.51. The van der Waals surface area contributed by atoms with Crippen LogP contribution in [-0.4, -0.2) is 22.2 Å². The molecule has 0 saturated carbocycles. The molecule has 1 atom stereocenters. The van der Waals surface area contributed by atoms with E-state index in [-0.39, 0.29) is 42.4 Å². The largest absolute Gasteiger partial charge is 1.00 e. The van der Waals surface area contributed by atoms with Gasteiger partial charge in [0.15, 0.2) is 0 Å². The Bertz CT molecular complexity index is 422. The summed E-state index contributed by atoms with van der Waals surface area (Å²) in [5, 5.41) is 9.96. The molecule has 1 aromatic rings. The first-order valence-electron chi connectivity index (χ1n) is 5.00. The predicted molar refractivity (Wildman–Crippen MR) is 59.6 cm³/mol. The fraction of sp³-hybridized carbons (Fsp3) is 0.300. The first kappa shape index (κ1) is 17.8. The van der Waals surface area contributed by atoms with E-state index in [0.717, 1.165) is 0 Å². The summed E-state index contributed by atoms with van der Waals surface area (Å²) in [5.41, 5.74) is 0.312. The zero-order valence-corrected chi connectivity index (χ0v) is 12.9. The van der Waals surface area contributed by atoms with Crippen molar-refractivity contribution in [3.63, 3.8) is 0 Å². The maximum atomic E-state index is 11.4. The summed E-state index contributed by atoms with van der Waals surface area (Å²) >= 11 is 0. The van der Waals surface area contributed by atoms with Crippen LogP contribution in [0.3, 0.4) is 0 Å². The van der Waals surface area contributed by atoms with Crippen LogP contribution in [0.2, 0.25) is 0 Å². The summed E-state index contributed by atoms with van der Waals surface area (Å²) in [4.78, 5) is 30.4. The predicted octanol–water partition coefficient (Wildman–Crippen LogP) is -2.26. The third-order valence-electron chi connectivity index (χ3n) is 2.07. The first-order chi connectivity index (χ1) is 7.90. The van der Waals surface area contributed by atoms with Gasteiger partial charge in [0.25, 0.3) is 5.91 Å². The number of hydroxylamine groups is 1. The van der Waals surface area contributed by atoms with Gasteiger partial charge in [0.05, 0.1) is 5.69 Å². The number of hydrogen-bond donors (Lipinski definition) is 2. The van der Waals surface area contributed by atoms with Crippen molar-refractivity contribution < 1.29 is 53.9 Å². The zero-order valence-electron chi connectivity index (χ0n) is 10.0. The third-order valence-corrected chi connectivity index (χ3v) is 2.95. The molecule has 0 aliphatic heterocycles. The summed E-state index contributed by atoms with van der Waals surface area (Å²) in [5.74, 6) is -0.621. The molecule has 0 bridgehead atoms. The molecule has 0 spiro atoms. The van der Waals surface area contributed by atoms with E-state index < -0.39 is 19.7 Å². The van der Waals surface area contributed by atoms with Crippen molar-refractivity contribution in [2.24, 2.45) is 0 Å². The van der Waals surface area contributed by atoms with Gasteiger partial charge in [-0.1, -0.05) is 18.2 Å². The van der Waals surface area contributed by atoms with Gasteiger partial charge in [-0.2, -0.15) is 5.06 Å². The van der Waals surface area contributed by atoms with Crippen molar-refractivity contribution in [1.82, 2.24) is 0 Å². The third kappa shape index (κ3) is 6.66. The number of amides is 1. The van der Waals surface area contributed by atoms with Gasteiger partial charge >= 0.3 is 29.6 Å². The van der Waals surface area contributed by atoms with Crippen LogP contribution in [0.25, 0.3) is 0 Å². The van der Waals surface area contributed by atoms with Gasteiger partial charge in [0, 0.05) is 12.6 Å². The number of carbonyl (C=O) groups is 1. The van der Waals surface area contributed by atoms with Gasteiger partial charge in [0.2, 0.25) is 0 Å². The van der Waals surface area contributed by atoms with E-state index in [1.54, 1.807) is 30.3 Å². The summed E-state index contributed by atoms with van der Waals surface area (Å²) in [6.07, 6.45) is -0.653. The summed E-state index contributed by atoms with van der Waals surface area (Å²) in [7, 11) is -4.33. The van der Waals surface area contributed by atoms with E-state index >= 15 is 0 Å². The van der Waals surface area contributed by atoms with E-state index in [1.165, 1.54) is 0 Å². The summed E-state index contributed by atoms with van der Waals surface area (Å²) < 4.78 is 10.4. The number of rotatable bonds is 5. The molecule has 8 heteroatoms. The Morgan fingerprint density at radius 3 is 2.39 bits per heavy atom. The number of benzene rings is 1. The van der Waals surface area contributed by atoms with Gasteiger partial charge in [-0.25, -0.2) is 0 Å². The second-order valence-corrected chi connectivity index (χ2v) is 5.23. The number of hydrogen-bond acceptors (Lipinski definition) is 4. The van der Waals surface area contributed by atoms with Gasteiger partial charge in [-0.05, 0) is 18.6 Å². The Hall–Kier alpha value is -0.200. The van der Waals surface area contributed by atoms with Crippen LogP contribution >= 0.6 is 7.60 Å². The van der Waals surface area contributed by atoms with Crippen molar-refractivity contribution in [2.75, 3.05) is 11.2 Å². The number of nitrogens with zero attached hydrogens (tertiary/aromatic N) is 1. The number of carbonyl (C=O) groups excluding carboxylic acids is 1. The minimum absolute atomic E-state index is 0. The smallest absolute Gasteiger partial charge is 0.779 e. The van der Waals surface area contributed by atoms with Crippen molar-refractivity contribution in [3.05, 3.63) is 30.3 Å². The van der Waals surface area contributed by atoms with Crippen LogP contribution in [0.5, 0.6) is 0 Å². The van der Waals surface area contributed by atoms with E-state index in [9.17, 15) is 19.5 Å².